The Labute approximate surface area is 78.5 Å². The lowest BCUT2D eigenvalue weighted by Gasteiger charge is -1.98. The summed E-state index contributed by atoms with van der Waals surface area (Å²) in [6.45, 7) is 0. The lowest BCUT2D eigenvalue weighted by atomic mass is 10.1. The normalized spacial score (nSPS) is 13.6. The number of hydrogen-bond donors (Lipinski definition) is 0. The van der Waals surface area contributed by atoms with E-state index < -0.39 is 0 Å². The van der Waals surface area contributed by atoms with Gasteiger partial charge in [0.1, 0.15) is 6.33 Å². The predicted molar refractivity (Wildman–Crippen MR) is 48.4 cm³/mol. The molecule has 0 fully saturated rings. The van der Waals surface area contributed by atoms with Gasteiger partial charge in [-0.2, -0.15) is 0 Å². The van der Waals surface area contributed by atoms with E-state index in [9.17, 15) is 4.79 Å². The first kappa shape index (κ1) is 7.25. The molecular weight excluding hydrogens is 180 g/mol. The molecule has 1 aromatic heterocycles. The topological polar surface area (TPSA) is 67.6 Å². The largest absolute Gasteiger partial charge is 0.298 e. The Morgan fingerprint density at radius 3 is 3.00 bits per heavy atom. The monoisotopic (exact) mass is 184 g/mol. The van der Waals surface area contributed by atoms with Crippen LogP contribution in [-0.2, 0) is 0 Å². The zero-order valence-corrected chi connectivity index (χ0v) is 7.01. The first-order chi connectivity index (χ1) is 6.86. The van der Waals surface area contributed by atoms with Gasteiger partial charge in [0, 0.05) is 11.6 Å². The van der Waals surface area contributed by atoms with Gasteiger partial charge in [-0.3, -0.25) is 4.79 Å². The zero-order chi connectivity index (χ0) is 9.54. The number of rotatable bonds is 0. The molecule has 1 aliphatic rings. The van der Waals surface area contributed by atoms with Crippen molar-refractivity contribution in [1.29, 1.82) is 0 Å². The summed E-state index contributed by atoms with van der Waals surface area (Å²) in [7, 11) is 0. The molecule has 0 spiro atoms. The number of fused-ring (bicyclic) bond motifs is 3. The summed E-state index contributed by atoms with van der Waals surface area (Å²) in [4.78, 5) is 19.3. The van der Waals surface area contributed by atoms with Crippen LogP contribution in [0.25, 0.3) is 10.9 Å². The number of azo groups is 1. The summed E-state index contributed by atoms with van der Waals surface area (Å²) in [6.07, 6.45) is 3.05. The van der Waals surface area contributed by atoms with Gasteiger partial charge in [-0.25, -0.2) is 9.97 Å². The first-order valence-corrected chi connectivity index (χ1v) is 4.05. The fraction of sp³-hybridized carbons (Fsp3) is 0. The van der Waals surface area contributed by atoms with Crippen molar-refractivity contribution in [2.75, 3.05) is 0 Å². The van der Waals surface area contributed by atoms with E-state index in [1.54, 1.807) is 18.3 Å². The van der Waals surface area contributed by atoms with E-state index in [2.05, 4.69) is 20.2 Å². The molecule has 0 bridgehead atoms. The Hall–Kier alpha value is -2.17. The van der Waals surface area contributed by atoms with Crippen LogP contribution in [-0.4, -0.2) is 15.9 Å². The summed E-state index contributed by atoms with van der Waals surface area (Å²) in [6, 6.07) is 3.53. The molecule has 2 heterocycles. The van der Waals surface area contributed by atoms with E-state index in [-0.39, 0.29) is 5.91 Å². The van der Waals surface area contributed by atoms with Crippen LogP contribution in [0.1, 0.15) is 10.4 Å². The van der Waals surface area contributed by atoms with Crippen LogP contribution in [0.2, 0.25) is 0 Å². The number of carbonyl (C=O) groups is 1. The van der Waals surface area contributed by atoms with Gasteiger partial charge in [0.05, 0.1) is 16.8 Å². The number of benzene rings is 1. The highest BCUT2D eigenvalue weighted by molar-refractivity contribution is 6.12. The van der Waals surface area contributed by atoms with Gasteiger partial charge in [0.25, 0.3) is 5.91 Å². The molecule has 1 aromatic carbocycles. The Kier molecular flexibility index (Phi) is 1.25. The lowest BCUT2D eigenvalue weighted by molar-refractivity contribution is 0.100. The van der Waals surface area contributed by atoms with E-state index in [1.807, 2.05) is 0 Å². The molecule has 1 aliphatic heterocycles. The van der Waals surface area contributed by atoms with E-state index in [1.165, 1.54) is 6.33 Å². The molecule has 5 heteroatoms. The minimum Gasteiger partial charge on any atom is -0.265 e. The van der Waals surface area contributed by atoms with E-state index in [0.717, 1.165) is 5.52 Å². The van der Waals surface area contributed by atoms with Crippen molar-refractivity contribution in [2.24, 2.45) is 10.2 Å². The maximum atomic E-state index is 11.4. The van der Waals surface area contributed by atoms with Crippen LogP contribution in [0.5, 0.6) is 0 Å². The zero-order valence-electron chi connectivity index (χ0n) is 7.01. The molecule has 0 saturated carbocycles. The molecule has 0 unspecified atom stereocenters. The molecule has 0 N–H and O–H groups in total. The highest BCUT2D eigenvalue weighted by Crippen LogP contribution is 2.31. The van der Waals surface area contributed by atoms with Gasteiger partial charge in [0.15, 0.2) is 0 Å². The molecule has 0 aliphatic carbocycles. The standard InChI is InChI=1S/C9H4N4O/c14-9-8-5-3-10-4-11-6(5)1-2-7(8)12-13-9/h1-4H. The molecule has 1 amide bonds. The molecular formula is C9H4N4O. The first-order valence-electron chi connectivity index (χ1n) is 4.05. The Morgan fingerprint density at radius 1 is 1.14 bits per heavy atom. The van der Waals surface area contributed by atoms with Crippen molar-refractivity contribution >= 4 is 22.5 Å². The van der Waals surface area contributed by atoms with Crippen molar-refractivity contribution in [3.63, 3.8) is 0 Å². The van der Waals surface area contributed by atoms with Crippen molar-refractivity contribution in [2.45, 2.75) is 0 Å². The minimum absolute atomic E-state index is 0.319. The molecule has 2 aromatic rings. The minimum atomic E-state index is -0.319. The quantitative estimate of drug-likeness (QED) is 0.627. The summed E-state index contributed by atoms with van der Waals surface area (Å²) in [5, 5.41) is 7.94. The number of amides is 1. The highest BCUT2D eigenvalue weighted by atomic mass is 16.2. The number of hydrogen-bond acceptors (Lipinski definition) is 4. The summed E-state index contributed by atoms with van der Waals surface area (Å²) < 4.78 is 0. The molecule has 5 nitrogen and oxygen atoms in total. The van der Waals surface area contributed by atoms with Gasteiger partial charge in [-0.15, -0.1) is 10.2 Å². The second-order valence-corrected chi connectivity index (χ2v) is 2.92. The number of carbonyl (C=O) groups excluding carboxylic acids is 1. The van der Waals surface area contributed by atoms with Crippen LogP contribution in [0, 0.1) is 0 Å². The number of aromatic nitrogens is 2. The van der Waals surface area contributed by atoms with Gasteiger partial charge in [-0.05, 0) is 12.1 Å². The maximum Gasteiger partial charge on any atom is 0.298 e. The Morgan fingerprint density at radius 2 is 2.07 bits per heavy atom. The summed E-state index contributed by atoms with van der Waals surface area (Å²) >= 11 is 0. The van der Waals surface area contributed by atoms with Crippen molar-refractivity contribution in [3.05, 3.63) is 30.2 Å². The molecule has 0 atom stereocenters. The van der Waals surface area contributed by atoms with Gasteiger partial charge < -0.3 is 0 Å². The second kappa shape index (κ2) is 2.41. The Bertz CT molecular complexity index is 576. The Balaban J connectivity index is 2.50. The third-order valence-electron chi connectivity index (χ3n) is 2.13. The van der Waals surface area contributed by atoms with Gasteiger partial charge >= 0.3 is 0 Å². The third kappa shape index (κ3) is 0.806. The third-order valence-corrected chi connectivity index (χ3v) is 2.13. The smallest absolute Gasteiger partial charge is 0.265 e. The summed E-state index contributed by atoms with van der Waals surface area (Å²) in [5.74, 6) is -0.319. The average molecular weight is 184 g/mol. The van der Waals surface area contributed by atoms with Crippen LogP contribution in [0.3, 0.4) is 0 Å². The fourth-order valence-corrected chi connectivity index (χ4v) is 1.50. The van der Waals surface area contributed by atoms with Crippen molar-refractivity contribution < 1.29 is 4.79 Å². The van der Waals surface area contributed by atoms with Crippen LogP contribution in [0.4, 0.5) is 5.69 Å². The molecule has 14 heavy (non-hydrogen) atoms. The van der Waals surface area contributed by atoms with E-state index in [4.69, 9.17) is 0 Å². The van der Waals surface area contributed by atoms with Crippen molar-refractivity contribution in [3.8, 4) is 0 Å². The van der Waals surface area contributed by atoms with Crippen LogP contribution >= 0.6 is 0 Å². The van der Waals surface area contributed by atoms with E-state index in [0.29, 0.717) is 16.6 Å². The number of nitrogens with zero attached hydrogens (tertiary/aromatic N) is 4. The highest BCUT2D eigenvalue weighted by Gasteiger charge is 2.20. The molecule has 0 saturated heterocycles. The maximum absolute atomic E-state index is 11.4. The molecule has 0 radical (unpaired) electrons. The molecule has 66 valence electrons. The SMILES string of the molecule is O=C1N=Nc2ccc3ncncc3c21. The van der Waals surface area contributed by atoms with Gasteiger partial charge in [-0.1, -0.05) is 0 Å². The van der Waals surface area contributed by atoms with E-state index >= 15 is 0 Å². The van der Waals surface area contributed by atoms with Crippen molar-refractivity contribution in [1.82, 2.24) is 9.97 Å². The second-order valence-electron chi connectivity index (χ2n) is 2.92. The van der Waals surface area contributed by atoms with Crippen LogP contribution in [0.15, 0.2) is 34.9 Å². The lowest BCUT2D eigenvalue weighted by Crippen LogP contribution is -1.92. The van der Waals surface area contributed by atoms with Gasteiger partial charge in [0.2, 0.25) is 0 Å². The summed E-state index contributed by atoms with van der Waals surface area (Å²) in [5.41, 5.74) is 1.83. The van der Waals surface area contributed by atoms with Crippen LogP contribution < -0.4 is 0 Å². The fourth-order valence-electron chi connectivity index (χ4n) is 1.50. The average Bonchev–Trinajstić information content (AvgIpc) is 2.61. The predicted octanol–water partition coefficient (Wildman–Crippen LogP) is 1.87. The molecule has 3 rings (SSSR count).